The lowest BCUT2D eigenvalue weighted by molar-refractivity contribution is 1.07. The standard InChI is InChI=1S/C21H24N2.Al.3ClH/c1-14-9-16(3)20(17(4)10-14)22-7-8-23(13-22)21-18(5)11-15(2)12-19(21)6;;;;/h7-12H,1-6H3;;3*1H/q;+3;;;/p-3. The van der Waals surface area contributed by atoms with Gasteiger partial charge in [0.05, 0.1) is 0 Å². The molecular weight excluding hydrogens is 414 g/mol. The molecule has 6 heteroatoms. The summed E-state index contributed by atoms with van der Waals surface area (Å²) in [6.45, 7) is 16.4. The highest BCUT2D eigenvalue weighted by molar-refractivity contribution is 7.54. The summed E-state index contributed by atoms with van der Waals surface area (Å²) < 4.78 is 0. The molecule has 2 aromatic rings. The van der Waals surface area contributed by atoms with Crippen LogP contribution in [0.25, 0.3) is 0 Å². The third-order valence-electron chi connectivity index (χ3n) is 4.33. The Balaban J connectivity index is 0.000000596. The minimum absolute atomic E-state index is 1.22. The van der Waals surface area contributed by atoms with Gasteiger partial charge in [-0.2, -0.15) is 0 Å². The van der Waals surface area contributed by atoms with Crippen LogP contribution >= 0.6 is 30.1 Å². The average Bonchev–Trinajstić information content (AvgIpc) is 2.93. The second-order valence-corrected chi connectivity index (χ2v) is 13.3. The predicted octanol–water partition coefficient (Wildman–Crippen LogP) is 7.02. The molecule has 0 saturated carbocycles. The molecule has 2 radical (unpaired) electrons. The van der Waals surface area contributed by atoms with Crippen LogP contribution in [0.15, 0.2) is 36.7 Å². The number of nitrogens with zero attached hydrogens (tertiary/aromatic N) is 2. The Morgan fingerprint density at radius 2 is 0.889 bits per heavy atom. The van der Waals surface area contributed by atoms with Gasteiger partial charge in [-0.15, -0.1) is 0 Å². The highest BCUT2D eigenvalue weighted by Crippen LogP contribution is 2.35. The zero-order valence-electron chi connectivity index (χ0n) is 16.6. The molecule has 27 heavy (non-hydrogen) atoms. The van der Waals surface area contributed by atoms with E-state index in [2.05, 4.69) is 94.7 Å². The first-order chi connectivity index (χ1) is 12.6. The molecule has 142 valence electrons. The first-order valence-electron chi connectivity index (χ1n) is 8.71. The van der Waals surface area contributed by atoms with Crippen molar-refractivity contribution >= 4 is 52.9 Å². The van der Waals surface area contributed by atoms with Crippen LogP contribution in [0.4, 0.5) is 11.4 Å². The molecule has 0 amide bonds. The molecule has 0 spiro atoms. The minimum atomic E-state index is -1.72. The zero-order valence-corrected chi connectivity index (χ0v) is 20.0. The van der Waals surface area contributed by atoms with E-state index in [1.165, 1.54) is 44.8 Å². The van der Waals surface area contributed by atoms with Gasteiger partial charge < -0.3 is 9.80 Å². The van der Waals surface area contributed by atoms with E-state index in [-0.39, 0.29) is 0 Å². The molecule has 1 aliphatic heterocycles. The summed E-state index contributed by atoms with van der Waals surface area (Å²) in [5.74, 6) is 0. The van der Waals surface area contributed by atoms with Gasteiger partial charge in [0.15, 0.2) is 0 Å². The van der Waals surface area contributed by atoms with E-state index in [9.17, 15) is 0 Å². The first kappa shape index (κ1) is 22.5. The molecule has 2 aromatic carbocycles. The van der Waals surface area contributed by atoms with Crippen molar-refractivity contribution < 1.29 is 0 Å². The average molecular weight is 438 g/mol. The van der Waals surface area contributed by atoms with E-state index >= 15 is 0 Å². The molecule has 0 bridgehead atoms. The second kappa shape index (κ2) is 9.59. The molecule has 0 unspecified atom stereocenters. The zero-order chi connectivity index (χ0) is 20.3. The smallest absolute Gasteiger partial charge is 0.315 e. The number of aryl methyl sites for hydroxylation is 6. The van der Waals surface area contributed by atoms with E-state index in [4.69, 9.17) is 30.1 Å². The Morgan fingerprint density at radius 3 is 1.15 bits per heavy atom. The molecule has 0 fully saturated rings. The van der Waals surface area contributed by atoms with E-state index in [0.29, 0.717) is 0 Å². The van der Waals surface area contributed by atoms with Crippen molar-refractivity contribution in [2.24, 2.45) is 0 Å². The van der Waals surface area contributed by atoms with Crippen molar-refractivity contribution in [3.05, 3.63) is 76.7 Å². The van der Waals surface area contributed by atoms with Crippen molar-refractivity contribution in [2.75, 3.05) is 9.80 Å². The Labute approximate surface area is 180 Å². The lowest BCUT2D eigenvalue weighted by Gasteiger charge is -2.25. The summed E-state index contributed by atoms with van der Waals surface area (Å²) in [5.41, 5.74) is 10.1. The summed E-state index contributed by atoms with van der Waals surface area (Å²) >= 11 is -1.72. The highest BCUT2D eigenvalue weighted by atomic mass is 35.8. The third-order valence-corrected chi connectivity index (χ3v) is 4.33. The van der Waals surface area contributed by atoms with Crippen molar-refractivity contribution in [1.29, 1.82) is 0 Å². The van der Waals surface area contributed by atoms with Crippen LogP contribution in [0.2, 0.25) is 0 Å². The minimum Gasteiger partial charge on any atom is -0.315 e. The summed E-state index contributed by atoms with van der Waals surface area (Å²) in [4.78, 5) is 4.20. The van der Waals surface area contributed by atoms with Gasteiger partial charge in [-0.25, -0.2) is 30.1 Å². The molecule has 1 aliphatic rings. The van der Waals surface area contributed by atoms with Gasteiger partial charge in [0.1, 0.15) is 0 Å². The van der Waals surface area contributed by atoms with Crippen molar-refractivity contribution in [3.8, 4) is 0 Å². The number of hydrogen-bond acceptors (Lipinski definition) is 2. The number of halogens is 3. The molecule has 0 aliphatic carbocycles. The fourth-order valence-electron chi connectivity index (χ4n) is 3.67. The van der Waals surface area contributed by atoms with Gasteiger partial charge in [0.2, 0.25) is 6.67 Å². The summed E-state index contributed by atoms with van der Waals surface area (Å²) in [6, 6.07) is 8.90. The quantitative estimate of drug-likeness (QED) is 0.466. The maximum atomic E-state index is 4.94. The number of hydrogen-bond donors (Lipinski definition) is 0. The summed E-state index contributed by atoms with van der Waals surface area (Å²) in [6.07, 6.45) is 4.17. The van der Waals surface area contributed by atoms with Crippen molar-refractivity contribution in [1.82, 2.24) is 0 Å². The molecular formula is C21H24AlCl3N2. The van der Waals surface area contributed by atoms with Gasteiger partial charge >= 0.3 is 11.4 Å². The maximum Gasteiger partial charge on any atom is 0.643 e. The lowest BCUT2D eigenvalue weighted by Crippen LogP contribution is -2.21. The van der Waals surface area contributed by atoms with Crippen molar-refractivity contribution in [3.63, 3.8) is 0 Å². The van der Waals surface area contributed by atoms with Crippen LogP contribution in [-0.4, -0.2) is 11.4 Å². The van der Waals surface area contributed by atoms with Crippen LogP contribution in [-0.2, 0) is 0 Å². The van der Waals surface area contributed by atoms with Gasteiger partial charge in [0, 0.05) is 23.8 Å². The topological polar surface area (TPSA) is 6.48 Å². The summed E-state index contributed by atoms with van der Waals surface area (Å²) in [5, 5.41) is 0. The number of anilines is 2. The molecule has 1 heterocycles. The Kier molecular flexibility index (Phi) is 7.98. The van der Waals surface area contributed by atoms with Gasteiger partial charge in [-0.1, -0.05) is 35.4 Å². The Bertz CT molecular complexity index is 735. The molecule has 2 nitrogen and oxygen atoms in total. The largest absolute Gasteiger partial charge is 0.643 e. The van der Waals surface area contributed by atoms with E-state index in [1.807, 2.05) is 0 Å². The third kappa shape index (κ3) is 5.83. The first-order valence-corrected chi connectivity index (χ1v) is 13.9. The SMILES string of the molecule is Cc1cc(C)c(N2[C]N(c3c(C)cc(C)cc3C)C=C2)c(C)c1.[Cl][Al]([Cl])[Cl]. The molecule has 3 rings (SSSR count). The second-order valence-electron chi connectivity index (χ2n) is 6.88. The molecule has 0 saturated heterocycles. The van der Waals surface area contributed by atoms with Gasteiger partial charge in [-0.05, 0) is 63.8 Å². The van der Waals surface area contributed by atoms with Crippen molar-refractivity contribution in [2.45, 2.75) is 41.5 Å². The Hall–Kier alpha value is -0.818. The van der Waals surface area contributed by atoms with E-state index in [1.54, 1.807) is 0 Å². The number of rotatable bonds is 2. The van der Waals surface area contributed by atoms with Crippen LogP contribution in [0, 0.1) is 48.2 Å². The summed E-state index contributed by atoms with van der Waals surface area (Å²) in [7, 11) is 14.8. The van der Waals surface area contributed by atoms with E-state index < -0.39 is 11.4 Å². The van der Waals surface area contributed by atoms with Crippen LogP contribution in [0.1, 0.15) is 33.4 Å². The van der Waals surface area contributed by atoms with Gasteiger partial charge in [0.25, 0.3) is 0 Å². The predicted molar refractivity (Wildman–Crippen MR) is 122 cm³/mol. The lowest BCUT2D eigenvalue weighted by atomic mass is 10.0. The maximum absolute atomic E-state index is 4.94. The Morgan fingerprint density at radius 1 is 0.630 bits per heavy atom. The molecule has 0 N–H and O–H groups in total. The number of benzene rings is 2. The van der Waals surface area contributed by atoms with Crippen LogP contribution < -0.4 is 9.80 Å². The molecule has 0 aromatic heterocycles. The fourth-order valence-corrected chi connectivity index (χ4v) is 3.67. The molecule has 0 atom stereocenters. The monoisotopic (exact) mass is 436 g/mol. The van der Waals surface area contributed by atoms with E-state index in [0.717, 1.165) is 0 Å². The van der Waals surface area contributed by atoms with Crippen LogP contribution in [0.3, 0.4) is 0 Å². The normalized spacial score (nSPS) is 12.9. The fraction of sp³-hybridized carbons (Fsp3) is 0.286. The van der Waals surface area contributed by atoms with Crippen LogP contribution in [0.5, 0.6) is 0 Å². The highest BCUT2D eigenvalue weighted by Gasteiger charge is 2.22. The van der Waals surface area contributed by atoms with Gasteiger partial charge in [-0.3, -0.25) is 0 Å².